The second-order valence-corrected chi connectivity index (χ2v) is 7.76. The van der Waals surface area contributed by atoms with E-state index in [1.54, 1.807) is 4.90 Å². The van der Waals surface area contributed by atoms with E-state index < -0.39 is 23.0 Å². The van der Waals surface area contributed by atoms with Gasteiger partial charge in [0, 0.05) is 11.6 Å². The van der Waals surface area contributed by atoms with Crippen molar-refractivity contribution in [1.29, 1.82) is 0 Å². The Morgan fingerprint density at radius 2 is 1.71 bits per heavy atom. The highest BCUT2D eigenvalue weighted by Crippen LogP contribution is 2.43. The topological polar surface area (TPSA) is 83.6 Å². The van der Waals surface area contributed by atoms with E-state index in [2.05, 4.69) is 0 Å². The molecule has 1 heterocycles. The number of aliphatic carboxylic acids is 1. The summed E-state index contributed by atoms with van der Waals surface area (Å²) in [5.74, 6) is -0.666. The lowest BCUT2D eigenvalue weighted by Gasteiger charge is -2.43. The van der Waals surface area contributed by atoms with Gasteiger partial charge in [-0.15, -0.1) is 0 Å². The standard InChI is InChI=1S/C16H28N2O3/c1-15(2,16(3,4)17)14(21)18-11-8-6-5-7-10(11)9-12(18)13(19)20/h10-12H,5-9,17H2,1-4H3,(H,19,20). The average molecular weight is 296 g/mol. The van der Waals surface area contributed by atoms with E-state index in [1.807, 2.05) is 27.7 Å². The Morgan fingerprint density at radius 1 is 1.14 bits per heavy atom. The number of likely N-dealkylation sites (tertiary alicyclic amines) is 1. The molecule has 3 atom stereocenters. The zero-order valence-corrected chi connectivity index (χ0v) is 13.6. The molecule has 1 amide bonds. The number of nitrogens with two attached hydrogens (primary N) is 1. The summed E-state index contributed by atoms with van der Waals surface area (Å²) in [5, 5.41) is 9.52. The molecule has 0 bridgehead atoms. The van der Waals surface area contributed by atoms with Crippen LogP contribution < -0.4 is 5.73 Å². The van der Waals surface area contributed by atoms with Crippen molar-refractivity contribution in [3.05, 3.63) is 0 Å². The van der Waals surface area contributed by atoms with Gasteiger partial charge in [-0.2, -0.15) is 0 Å². The van der Waals surface area contributed by atoms with Crippen molar-refractivity contribution in [2.45, 2.75) is 77.4 Å². The molecule has 5 heteroatoms. The SMILES string of the molecule is CC(C)(N)C(C)(C)C(=O)N1C(C(=O)O)CC2CCCCC21. The Balaban J connectivity index is 2.33. The Labute approximate surface area is 126 Å². The molecule has 1 saturated carbocycles. The smallest absolute Gasteiger partial charge is 0.326 e. The first-order chi connectivity index (χ1) is 9.57. The fraction of sp³-hybridized carbons (Fsp3) is 0.875. The van der Waals surface area contributed by atoms with E-state index >= 15 is 0 Å². The van der Waals surface area contributed by atoms with E-state index in [4.69, 9.17) is 5.73 Å². The Bertz CT molecular complexity index is 439. The number of carboxylic acid groups (broad SMARTS) is 1. The Morgan fingerprint density at radius 3 is 2.24 bits per heavy atom. The summed E-state index contributed by atoms with van der Waals surface area (Å²) < 4.78 is 0. The normalized spacial score (nSPS) is 30.1. The molecule has 3 N–H and O–H groups in total. The predicted molar refractivity (Wildman–Crippen MR) is 80.7 cm³/mol. The number of nitrogens with zero attached hydrogens (tertiary/aromatic N) is 1. The zero-order chi connectivity index (χ0) is 16.0. The quantitative estimate of drug-likeness (QED) is 0.834. The van der Waals surface area contributed by atoms with Gasteiger partial charge in [-0.05, 0) is 52.9 Å². The minimum Gasteiger partial charge on any atom is -0.480 e. The fourth-order valence-corrected chi connectivity index (χ4v) is 3.57. The lowest BCUT2D eigenvalue weighted by molar-refractivity contribution is -0.156. The van der Waals surface area contributed by atoms with Gasteiger partial charge in [0.15, 0.2) is 0 Å². The first-order valence-electron chi connectivity index (χ1n) is 7.92. The molecule has 1 saturated heterocycles. The maximum Gasteiger partial charge on any atom is 0.326 e. The third kappa shape index (κ3) is 2.68. The molecule has 0 aromatic heterocycles. The monoisotopic (exact) mass is 296 g/mol. The summed E-state index contributed by atoms with van der Waals surface area (Å²) in [7, 11) is 0. The van der Waals surface area contributed by atoms with Gasteiger partial charge >= 0.3 is 5.97 Å². The van der Waals surface area contributed by atoms with Crippen molar-refractivity contribution in [1.82, 2.24) is 4.90 Å². The molecule has 120 valence electrons. The third-order valence-corrected chi connectivity index (χ3v) is 5.75. The summed E-state index contributed by atoms with van der Waals surface area (Å²) >= 11 is 0. The molecule has 0 radical (unpaired) electrons. The number of hydrogen-bond acceptors (Lipinski definition) is 3. The summed E-state index contributed by atoms with van der Waals surface area (Å²) in [4.78, 5) is 26.3. The number of amides is 1. The summed E-state index contributed by atoms with van der Waals surface area (Å²) in [6.07, 6.45) is 4.75. The number of carbonyl (C=O) groups is 2. The van der Waals surface area contributed by atoms with Crippen LogP contribution >= 0.6 is 0 Å². The number of rotatable bonds is 3. The van der Waals surface area contributed by atoms with Crippen LogP contribution in [-0.2, 0) is 9.59 Å². The Kier molecular flexibility index (Phi) is 4.08. The van der Waals surface area contributed by atoms with Crippen molar-refractivity contribution in [2.24, 2.45) is 17.1 Å². The van der Waals surface area contributed by atoms with E-state index in [-0.39, 0.29) is 11.9 Å². The first-order valence-corrected chi connectivity index (χ1v) is 7.92. The third-order valence-electron chi connectivity index (χ3n) is 5.75. The molecular formula is C16H28N2O3. The van der Waals surface area contributed by atoms with Crippen LogP contribution in [0, 0.1) is 11.3 Å². The highest BCUT2D eigenvalue weighted by Gasteiger charge is 2.53. The lowest BCUT2D eigenvalue weighted by Crippen LogP contribution is -2.60. The molecule has 0 aromatic carbocycles. The van der Waals surface area contributed by atoms with E-state index in [9.17, 15) is 14.7 Å². The number of hydrogen-bond donors (Lipinski definition) is 2. The second kappa shape index (κ2) is 5.27. The molecule has 2 aliphatic rings. The van der Waals surface area contributed by atoms with Crippen molar-refractivity contribution >= 4 is 11.9 Å². The van der Waals surface area contributed by atoms with E-state index in [0.29, 0.717) is 12.3 Å². The number of carbonyl (C=O) groups excluding carboxylic acids is 1. The molecule has 2 rings (SSSR count). The predicted octanol–water partition coefficient (Wildman–Crippen LogP) is 1.99. The average Bonchev–Trinajstić information content (AvgIpc) is 2.75. The highest BCUT2D eigenvalue weighted by molar-refractivity contribution is 5.89. The molecule has 1 aliphatic heterocycles. The van der Waals surface area contributed by atoms with Crippen LogP contribution in [0.4, 0.5) is 0 Å². The van der Waals surface area contributed by atoms with Crippen LogP contribution in [0.2, 0.25) is 0 Å². The molecule has 5 nitrogen and oxygen atoms in total. The fourth-order valence-electron chi connectivity index (χ4n) is 3.57. The highest BCUT2D eigenvalue weighted by atomic mass is 16.4. The number of fused-ring (bicyclic) bond motifs is 1. The summed E-state index contributed by atoms with van der Waals surface area (Å²) in [6.45, 7) is 7.30. The summed E-state index contributed by atoms with van der Waals surface area (Å²) in [5.41, 5.74) is 4.70. The van der Waals surface area contributed by atoms with Gasteiger partial charge in [-0.3, -0.25) is 4.79 Å². The van der Waals surface area contributed by atoms with Crippen molar-refractivity contribution in [3.8, 4) is 0 Å². The Hall–Kier alpha value is -1.10. The van der Waals surface area contributed by atoms with Crippen LogP contribution in [0.5, 0.6) is 0 Å². The minimum absolute atomic E-state index is 0.0778. The van der Waals surface area contributed by atoms with Crippen LogP contribution in [0.25, 0.3) is 0 Å². The molecule has 21 heavy (non-hydrogen) atoms. The van der Waals surface area contributed by atoms with Crippen LogP contribution in [0.15, 0.2) is 0 Å². The van der Waals surface area contributed by atoms with Gasteiger partial charge in [0.2, 0.25) is 5.91 Å². The van der Waals surface area contributed by atoms with Crippen molar-refractivity contribution < 1.29 is 14.7 Å². The minimum atomic E-state index is -0.886. The lowest BCUT2D eigenvalue weighted by atomic mass is 9.73. The van der Waals surface area contributed by atoms with Gasteiger partial charge in [0.05, 0.1) is 5.41 Å². The maximum absolute atomic E-state index is 13.1. The van der Waals surface area contributed by atoms with Gasteiger partial charge in [0.1, 0.15) is 6.04 Å². The second-order valence-electron chi connectivity index (χ2n) is 7.76. The largest absolute Gasteiger partial charge is 0.480 e. The van der Waals surface area contributed by atoms with Gasteiger partial charge in [-0.25, -0.2) is 4.79 Å². The van der Waals surface area contributed by atoms with Gasteiger partial charge in [0.25, 0.3) is 0 Å². The molecular weight excluding hydrogens is 268 g/mol. The molecule has 0 spiro atoms. The number of carboxylic acids is 1. The molecule has 3 unspecified atom stereocenters. The van der Waals surface area contributed by atoms with E-state index in [0.717, 1.165) is 25.7 Å². The molecule has 1 aliphatic carbocycles. The maximum atomic E-state index is 13.1. The van der Waals surface area contributed by atoms with Crippen molar-refractivity contribution in [2.75, 3.05) is 0 Å². The van der Waals surface area contributed by atoms with Crippen LogP contribution in [0.1, 0.15) is 59.8 Å². The van der Waals surface area contributed by atoms with Gasteiger partial charge in [-0.1, -0.05) is 12.8 Å². The zero-order valence-electron chi connectivity index (χ0n) is 13.6. The molecule has 2 fully saturated rings. The summed E-state index contributed by atoms with van der Waals surface area (Å²) in [6, 6.07) is -0.610. The van der Waals surface area contributed by atoms with Gasteiger partial charge < -0.3 is 15.7 Å². The van der Waals surface area contributed by atoms with Crippen LogP contribution in [-0.4, -0.2) is 39.5 Å². The first kappa shape index (κ1) is 16.3. The van der Waals surface area contributed by atoms with E-state index in [1.165, 1.54) is 0 Å². The van der Waals surface area contributed by atoms with Crippen LogP contribution in [0.3, 0.4) is 0 Å². The molecule has 0 aromatic rings. The van der Waals surface area contributed by atoms with Crippen molar-refractivity contribution in [3.63, 3.8) is 0 Å².